The van der Waals surface area contributed by atoms with Crippen LogP contribution >= 0.6 is 0 Å². The zero-order valence-electron chi connectivity index (χ0n) is 9.32. The van der Waals surface area contributed by atoms with Gasteiger partial charge in [-0.3, -0.25) is 4.79 Å². The predicted octanol–water partition coefficient (Wildman–Crippen LogP) is 0.805. The van der Waals surface area contributed by atoms with E-state index in [1.807, 2.05) is 4.72 Å². The number of halogens is 1. The normalized spacial score (nSPS) is 11.5. The van der Waals surface area contributed by atoms with Gasteiger partial charge in [-0.05, 0) is 37.1 Å². The summed E-state index contributed by atoms with van der Waals surface area (Å²) in [5.41, 5.74) is 0.390. The van der Waals surface area contributed by atoms with Gasteiger partial charge >= 0.3 is 5.97 Å². The Morgan fingerprint density at radius 2 is 1.82 bits per heavy atom. The van der Waals surface area contributed by atoms with Crippen LogP contribution in [-0.2, 0) is 14.8 Å². The van der Waals surface area contributed by atoms with E-state index in [4.69, 9.17) is 5.11 Å². The molecule has 94 valence electrons. The van der Waals surface area contributed by atoms with Crippen LogP contribution in [0, 0.1) is 19.7 Å². The number of benzene rings is 1. The molecule has 0 aliphatic heterocycles. The van der Waals surface area contributed by atoms with Crippen molar-refractivity contribution >= 4 is 16.0 Å². The first-order valence-electron chi connectivity index (χ1n) is 4.72. The van der Waals surface area contributed by atoms with Crippen molar-refractivity contribution in [1.82, 2.24) is 4.72 Å². The maximum absolute atomic E-state index is 13.3. The largest absolute Gasteiger partial charge is 0.480 e. The van der Waals surface area contributed by atoms with Crippen LogP contribution in [0.1, 0.15) is 11.1 Å². The van der Waals surface area contributed by atoms with Crippen molar-refractivity contribution < 1.29 is 22.7 Å². The van der Waals surface area contributed by atoms with Gasteiger partial charge in [0, 0.05) is 0 Å². The molecule has 2 N–H and O–H groups in total. The number of hydrogen-bond donors (Lipinski definition) is 2. The topological polar surface area (TPSA) is 83.5 Å². The lowest BCUT2D eigenvalue weighted by Crippen LogP contribution is -2.29. The fourth-order valence-corrected chi connectivity index (χ4v) is 2.45. The van der Waals surface area contributed by atoms with Crippen molar-refractivity contribution in [1.29, 1.82) is 0 Å². The quantitative estimate of drug-likeness (QED) is 0.840. The summed E-state index contributed by atoms with van der Waals surface area (Å²) >= 11 is 0. The molecule has 17 heavy (non-hydrogen) atoms. The van der Waals surface area contributed by atoms with E-state index in [-0.39, 0.29) is 16.0 Å². The molecule has 0 heterocycles. The zero-order chi connectivity index (χ0) is 13.2. The summed E-state index contributed by atoms with van der Waals surface area (Å²) in [5.74, 6) is -1.76. The summed E-state index contributed by atoms with van der Waals surface area (Å²) < 4.78 is 38.5. The molecule has 7 heteroatoms. The highest BCUT2D eigenvalue weighted by Gasteiger charge is 2.17. The first kappa shape index (κ1) is 13.6. The molecule has 0 unspecified atom stereocenters. The number of sulfonamides is 1. The van der Waals surface area contributed by atoms with Crippen molar-refractivity contribution in [2.75, 3.05) is 6.54 Å². The van der Waals surface area contributed by atoms with E-state index in [1.165, 1.54) is 13.8 Å². The van der Waals surface area contributed by atoms with Gasteiger partial charge in [-0.25, -0.2) is 12.8 Å². The van der Waals surface area contributed by atoms with Crippen LogP contribution in [0.4, 0.5) is 4.39 Å². The van der Waals surface area contributed by atoms with Gasteiger partial charge < -0.3 is 5.11 Å². The minimum absolute atomic E-state index is 0.143. The van der Waals surface area contributed by atoms with Gasteiger partial charge in [-0.2, -0.15) is 4.72 Å². The number of hydrogen-bond acceptors (Lipinski definition) is 3. The lowest BCUT2D eigenvalue weighted by atomic mass is 10.1. The van der Waals surface area contributed by atoms with Crippen LogP contribution in [0.2, 0.25) is 0 Å². The molecule has 0 bridgehead atoms. The second kappa shape index (κ2) is 4.80. The summed E-state index contributed by atoms with van der Waals surface area (Å²) in [4.78, 5) is 10.1. The van der Waals surface area contributed by atoms with Crippen molar-refractivity contribution in [2.24, 2.45) is 0 Å². The lowest BCUT2D eigenvalue weighted by molar-refractivity contribution is -0.135. The van der Waals surface area contributed by atoms with E-state index in [0.717, 1.165) is 12.1 Å². The van der Waals surface area contributed by atoms with Crippen LogP contribution in [0.5, 0.6) is 0 Å². The molecule has 0 saturated carbocycles. The first-order chi connectivity index (χ1) is 7.74. The van der Waals surface area contributed by atoms with Crippen molar-refractivity contribution in [3.05, 3.63) is 29.1 Å². The fraction of sp³-hybridized carbons (Fsp3) is 0.300. The van der Waals surface area contributed by atoms with E-state index in [1.54, 1.807) is 0 Å². The highest BCUT2D eigenvalue weighted by Crippen LogP contribution is 2.18. The number of aliphatic carboxylic acids is 1. The Hall–Kier alpha value is -1.47. The minimum atomic E-state index is -3.91. The first-order valence-corrected chi connectivity index (χ1v) is 6.20. The highest BCUT2D eigenvalue weighted by molar-refractivity contribution is 7.89. The third-order valence-electron chi connectivity index (χ3n) is 2.13. The fourth-order valence-electron chi connectivity index (χ4n) is 1.30. The molecule has 0 spiro atoms. The molecule has 1 aromatic rings. The van der Waals surface area contributed by atoms with Crippen LogP contribution < -0.4 is 4.72 Å². The third-order valence-corrected chi connectivity index (χ3v) is 3.51. The SMILES string of the molecule is Cc1cc(S(=O)(=O)NCC(=O)O)cc(C)c1F. The van der Waals surface area contributed by atoms with Gasteiger partial charge in [0.15, 0.2) is 0 Å². The van der Waals surface area contributed by atoms with Gasteiger partial charge in [-0.15, -0.1) is 0 Å². The molecule has 5 nitrogen and oxygen atoms in total. The highest BCUT2D eigenvalue weighted by atomic mass is 32.2. The van der Waals surface area contributed by atoms with Crippen LogP contribution in [0.3, 0.4) is 0 Å². The smallest absolute Gasteiger partial charge is 0.318 e. The third kappa shape index (κ3) is 3.24. The molecule has 0 aromatic heterocycles. The summed E-state index contributed by atoms with van der Waals surface area (Å²) in [6.45, 7) is 2.18. The summed E-state index contributed by atoms with van der Waals surface area (Å²) in [5, 5.41) is 8.39. The van der Waals surface area contributed by atoms with Gasteiger partial charge in [0.2, 0.25) is 10.0 Å². The molecule has 0 radical (unpaired) electrons. The second-order valence-corrected chi connectivity index (χ2v) is 5.36. The lowest BCUT2D eigenvalue weighted by Gasteiger charge is -2.08. The van der Waals surface area contributed by atoms with Gasteiger partial charge in [0.05, 0.1) is 4.90 Å². The monoisotopic (exact) mass is 261 g/mol. The van der Waals surface area contributed by atoms with Crippen LogP contribution in [0.25, 0.3) is 0 Å². The number of rotatable bonds is 4. The number of carboxylic acid groups (broad SMARTS) is 1. The summed E-state index contributed by atoms with van der Waals surface area (Å²) in [6, 6.07) is 2.32. The van der Waals surface area contributed by atoms with Gasteiger partial charge in [0.1, 0.15) is 12.4 Å². The average Bonchev–Trinajstić information content (AvgIpc) is 2.22. The van der Waals surface area contributed by atoms with E-state index < -0.39 is 28.4 Å². The second-order valence-electron chi connectivity index (χ2n) is 3.59. The number of carboxylic acids is 1. The molecule has 0 atom stereocenters. The Balaban J connectivity index is 3.12. The maximum Gasteiger partial charge on any atom is 0.318 e. The Bertz CT molecular complexity index is 530. The molecule has 1 aromatic carbocycles. The molecule has 1 rings (SSSR count). The van der Waals surface area contributed by atoms with Crippen molar-refractivity contribution in [3.8, 4) is 0 Å². The number of carbonyl (C=O) groups is 1. The van der Waals surface area contributed by atoms with Crippen molar-refractivity contribution in [2.45, 2.75) is 18.7 Å². The Morgan fingerprint density at radius 3 is 2.24 bits per heavy atom. The number of nitrogens with one attached hydrogen (secondary N) is 1. The Morgan fingerprint density at radius 1 is 1.35 bits per heavy atom. The maximum atomic E-state index is 13.3. The van der Waals surface area contributed by atoms with E-state index in [2.05, 4.69) is 0 Å². The van der Waals surface area contributed by atoms with E-state index in [9.17, 15) is 17.6 Å². The molecule has 0 amide bonds. The molecule has 0 saturated heterocycles. The molecular formula is C10H12FNO4S. The molecule has 0 fully saturated rings. The minimum Gasteiger partial charge on any atom is -0.480 e. The standard InChI is InChI=1S/C10H12FNO4S/c1-6-3-8(4-7(2)10(6)11)17(15,16)12-5-9(13)14/h3-4,12H,5H2,1-2H3,(H,13,14). The number of aryl methyl sites for hydroxylation is 2. The van der Waals surface area contributed by atoms with Crippen LogP contribution in [-0.4, -0.2) is 26.0 Å². The Kier molecular flexibility index (Phi) is 3.84. The predicted molar refractivity (Wildman–Crippen MR) is 58.7 cm³/mol. The van der Waals surface area contributed by atoms with E-state index >= 15 is 0 Å². The summed E-state index contributed by atoms with van der Waals surface area (Å²) in [6.07, 6.45) is 0. The van der Waals surface area contributed by atoms with E-state index in [0.29, 0.717) is 0 Å². The molecule has 0 aliphatic carbocycles. The van der Waals surface area contributed by atoms with Gasteiger partial charge in [0.25, 0.3) is 0 Å². The zero-order valence-corrected chi connectivity index (χ0v) is 10.1. The van der Waals surface area contributed by atoms with Crippen molar-refractivity contribution in [3.63, 3.8) is 0 Å². The Labute approximate surface area is 98.3 Å². The van der Waals surface area contributed by atoms with Crippen LogP contribution in [0.15, 0.2) is 17.0 Å². The van der Waals surface area contributed by atoms with Gasteiger partial charge in [-0.1, -0.05) is 0 Å². The molecule has 0 aliphatic rings. The molecular weight excluding hydrogens is 249 g/mol. The average molecular weight is 261 g/mol. The summed E-state index contributed by atoms with van der Waals surface area (Å²) in [7, 11) is -3.91.